The van der Waals surface area contributed by atoms with Gasteiger partial charge in [-0.15, -0.1) is 0 Å². The molecule has 0 saturated carbocycles. The van der Waals surface area contributed by atoms with Gasteiger partial charge in [0, 0.05) is 6.08 Å². The summed E-state index contributed by atoms with van der Waals surface area (Å²) in [5.41, 5.74) is 3.10. The molecule has 2 aromatic rings. The van der Waals surface area contributed by atoms with Gasteiger partial charge in [-0.2, -0.15) is 0 Å². The molecule has 0 saturated heterocycles. The van der Waals surface area contributed by atoms with Crippen molar-refractivity contribution in [3.05, 3.63) is 77.4 Å². The Morgan fingerprint density at radius 2 is 1.72 bits per heavy atom. The fourth-order valence-electron chi connectivity index (χ4n) is 2.17. The molecule has 0 unspecified atom stereocenters. The summed E-state index contributed by atoms with van der Waals surface area (Å²) in [6.07, 6.45) is 3.13. The Hall–Kier alpha value is -2.88. The van der Waals surface area contributed by atoms with E-state index in [1.165, 1.54) is 11.6 Å². The first-order valence-corrected chi connectivity index (χ1v) is 8.30. The van der Waals surface area contributed by atoms with Gasteiger partial charge in [0.15, 0.2) is 0 Å². The molecule has 130 valence electrons. The van der Waals surface area contributed by atoms with E-state index in [0.29, 0.717) is 5.92 Å². The summed E-state index contributed by atoms with van der Waals surface area (Å²) in [7, 11) is 0. The quantitative estimate of drug-likeness (QED) is 0.619. The highest BCUT2D eigenvalue weighted by Crippen LogP contribution is 2.15. The third kappa shape index (κ3) is 6.63. The first-order chi connectivity index (χ1) is 12.0. The van der Waals surface area contributed by atoms with Gasteiger partial charge in [0.1, 0.15) is 13.2 Å². The van der Waals surface area contributed by atoms with E-state index in [1.54, 1.807) is 6.08 Å². The smallest absolute Gasteiger partial charge is 0.325 e. The lowest BCUT2D eigenvalue weighted by atomic mass is 10.0. The minimum absolute atomic E-state index is 0.151. The van der Waals surface area contributed by atoms with Crippen molar-refractivity contribution in [2.45, 2.75) is 26.4 Å². The van der Waals surface area contributed by atoms with Gasteiger partial charge < -0.3 is 10.1 Å². The SMILES string of the molecule is CC(C)c1ccc(/C=C/C(=O)NCC(=O)OCc2ccccc2)cc1. The van der Waals surface area contributed by atoms with Gasteiger partial charge in [0.25, 0.3) is 0 Å². The van der Waals surface area contributed by atoms with E-state index >= 15 is 0 Å². The minimum Gasteiger partial charge on any atom is -0.460 e. The van der Waals surface area contributed by atoms with Gasteiger partial charge >= 0.3 is 5.97 Å². The first kappa shape index (κ1) is 18.5. The van der Waals surface area contributed by atoms with Crippen LogP contribution in [0.2, 0.25) is 0 Å². The molecule has 2 aromatic carbocycles. The summed E-state index contributed by atoms with van der Waals surface area (Å²) < 4.78 is 5.10. The van der Waals surface area contributed by atoms with Crippen LogP contribution in [-0.2, 0) is 20.9 Å². The Morgan fingerprint density at radius 1 is 1.04 bits per heavy atom. The van der Waals surface area contributed by atoms with Crippen molar-refractivity contribution in [1.29, 1.82) is 0 Å². The maximum Gasteiger partial charge on any atom is 0.325 e. The molecule has 4 nitrogen and oxygen atoms in total. The molecule has 0 radical (unpaired) electrons. The van der Waals surface area contributed by atoms with Crippen LogP contribution < -0.4 is 5.32 Å². The van der Waals surface area contributed by atoms with Gasteiger partial charge in [0.05, 0.1) is 0 Å². The lowest BCUT2D eigenvalue weighted by Gasteiger charge is -2.05. The lowest BCUT2D eigenvalue weighted by Crippen LogP contribution is -2.29. The maximum atomic E-state index is 11.8. The summed E-state index contributed by atoms with van der Waals surface area (Å²) in [6.45, 7) is 4.32. The standard InChI is InChI=1S/C21H23NO3/c1-16(2)19-11-8-17(9-12-19)10-13-20(23)22-14-21(24)25-15-18-6-4-3-5-7-18/h3-13,16H,14-15H2,1-2H3,(H,22,23)/b13-10+. The molecule has 0 aliphatic heterocycles. The number of esters is 1. The zero-order valence-corrected chi connectivity index (χ0v) is 14.6. The van der Waals surface area contributed by atoms with Crippen molar-refractivity contribution in [3.63, 3.8) is 0 Å². The third-order valence-electron chi connectivity index (χ3n) is 3.68. The van der Waals surface area contributed by atoms with Gasteiger partial charge in [-0.3, -0.25) is 9.59 Å². The van der Waals surface area contributed by atoms with Gasteiger partial charge in [-0.05, 0) is 28.7 Å². The molecule has 0 aliphatic carbocycles. The predicted octanol–water partition coefficient (Wildman–Crippen LogP) is 3.68. The summed E-state index contributed by atoms with van der Waals surface area (Å²) in [4.78, 5) is 23.4. The van der Waals surface area contributed by atoms with Gasteiger partial charge in [0.2, 0.25) is 5.91 Å². The van der Waals surface area contributed by atoms with Crippen molar-refractivity contribution < 1.29 is 14.3 Å². The number of rotatable bonds is 7. The van der Waals surface area contributed by atoms with Crippen LogP contribution in [0.25, 0.3) is 6.08 Å². The summed E-state index contributed by atoms with van der Waals surface area (Å²) in [5.74, 6) is -0.320. The average Bonchev–Trinajstić information content (AvgIpc) is 2.64. The van der Waals surface area contributed by atoms with E-state index in [2.05, 4.69) is 19.2 Å². The number of nitrogens with one attached hydrogen (secondary N) is 1. The molecule has 0 heterocycles. The van der Waals surface area contributed by atoms with E-state index in [1.807, 2.05) is 54.6 Å². The Bertz CT molecular complexity index is 719. The van der Waals surface area contributed by atoms with Crippen LogP contribution in [0.4, 0.5) is 0 Å². The second-order valence-corrected chi connectivity index (χ2v) is 6.02. The lowest BCUT2D eigenvalue weighted by molar-refractivity contribution is -0.144. The monoisotopic (exact) mass is 337 g/mol. The molecule has 0 aliphatic rings. The van der Waals surface area contributed by atoms with Crippen LogP contribution >= 0.6 is 0 Å². The van der Waals surface area contributed by atoms with Crippen LogP contribution in [0.5, 0.6) is 0 Å². The summed E-state index contributed by atoms with van der Waals surface area (Å²) >= 11 is 0. The molecule has 0 fully saturated rings. The second-order valence-electron chi connectivity index (χ2n) is 6.02. The molecular weight excluding hydrogens is 314 g/mol. The van der Waals surface area contributed by atoms with E-state index < -0.39 is 5.97 Å². The zero-order valence-electron chi connectivity index (χ0n) is 14.6. The van der Waals surface area contributed by atoms with Crippen LogP contribution in [0.3, 0.4) is 0 Å². The number of amides is 1. The Kier molecular flexibility index (Phi) is 6.96. The molecule has 25 heavy (non-hydrogen) atoms. The molecule has 0 atom stereocenters. The number of carbonyl (C=O) groups excluding carboxylic acids is 2. The van der Waals surface area contributed by atoms with E-state index in [9.17, 15) is 9.59 Å². The number of hydrogen-bond acceptors (Lipinski definition) is 3. The number of ether oxygens (including phenoxy) is 1. The number of carbonyl (C=O) groups is 2. The Morgan fingerprint density at radius 3 is 2.36 bits per heavy atom. The molecule has 0 bridgehead atoms. The number of hydrogen-bond donors (Lipinski definition) is 1. The van der Waals surface area contributed by atoms with Crippen molar-refractivity contribution in [3.8, 4) is 0 Å². The van der Waals surface area contributed by atoms with E-state index in [4.69, 9.17) is 4.74 Å². The highest BCUT2D eigenvalue weighted by molar-refractivity contribution is 5.93. The zero-order chi connectivity index (χ0) is 18.1. The largest absolute Gasteiger partial charge is 0.460 e. The van der Waals surface area contributed by atoms with Crippen molar-refractivity contribution in [2.75, 3.05) is 6.54 Å². The predicted molar refractivity (Wildman–Crippen MR) is 98.8 cm³/mol. The molecule has 4 heteroatoms. The topological polar surface area (TPSA) is 55.4 Å². The fourth-order valence-corrected chi connectivity index (χ4v) is 2.17. The Labute approximate surface area is 148 Å². The van der Waals surface area contributed by atoms with Crippen LogP contribution in [0.1, 0.15) is 36.5 Å². The molecule has 2 rings (SSSR count). The fraction of sp³-hybridized carbons (Fsp3) is 0.238. The highest BCUT2D eigenvalue weighted by atomic mass is 16.5. The number of benzene rings is 2. The van der Waals surface area contributed by atoms with Crippen LogP contribution in [-0.4, -0.2) is 18.4 Å². The van der Waals surface area contributed by atoms with Gasteiger partial charge in [-0.1, -0.05) is 68.4 Å². The van der Waals surface area contributed by atoms with Crippen molar-refractivity contribution >= 4 is 18.0 Å². The molecular formula is C21H23NO3. The third-order valence-corrected chi connectivity index (χ3v) is 3.68. The molecule has 0 spiro atoms. The normalized spacial score (nSPS) is 10.8. The van der Waals surface area contributed by atoms with E-state index in [-0.39, 0.29) is 19.1 Å². The summed E-state index contributed by atoms with van der Waals surface area (Å²) in [6, 6.07) is 17.4. The summed E-state index contributed by atoms with van der Waals surface area (Å²) in [5, 5.41) is 2.52. The second kappa shape index (κ2) is 9.42. The molecule has 0 aromatic heterocycles. The van der Waals surface area contributed by atoms with Crippen LogP contribution in [0.15, 0.2) is 60.7 Å². The van der Waals surface area contributed by atoms with Crippen molar-refractivity contribution in [2.24, 2.45) is 0 Å². The van der Waals surface area contributed by atoms with Gasteiger partial charge in [-0.25, -0.2) is 0 Å². The van der Waals surface area contributed by atoms with Crippen LogP contribution in [0, 0.1) is 0 Å². The Balaban J connectivity index is 1.73. The molecule has 1 amide bonds. The van der Waals surface area contributed by atoms with E-state index in [0.717, 1.165) is 11.1 Å². The maximum absolute atomic E-state index is 11.8. The average molecular weight is 337 g/mol. The first-order valence-electron chi connectivity index (χ1n) is 8.30. The molecule has 1 N–H and O–H groups in total. The minimum atomic E-state index is -0.466. The highest BCUT2D eigenvalue weighted by Gasteiger charge is 2.05. The van der Waals surface area contributed by atoms with Crippen molar-refractivity contribution in [1.82, 2.24) is 5.32 Å².